The molecule has 0 aliphatic rings. The zero-order chi connectivity index (χ0) is 20.1. The Balaban J connectivity index is 2.00. The first kappa shape index (κ1) is 19.6. The summed E-state index contributed by atoms with van der Waals surface area (Å²) < 4.78 is 2.55. The number of para-hydroxylation sites is 1. The lowest BCUT2D eigenvalue weighted by Crippen LogP contribution is -2.43. The maximum atomic E-state index is 13.1. The van der Waals surface area contributed by atoms with Gasteiger partial charge in [-0.05, 0) is 31.8 Å². The molecule has 1 N–H and O–H groups in total. The number of likely N-dealkylation sites (N-methyl/N-ethyl adjacent to an activating group) is 1. The minimum Gasteiger partial charge on any atom is -0.353 e. The van der Waals surface area contributed by atoms with Gasteiger partial charge in [0, 0.05) is 13.1 Å². The van der Waals surface area contributed by atoms with Gasteiger partial charge in [-0.1, -0.05) is 42.5 Å². The second kappa shape index (κ2) is 8.67. The highest BCUT2D eigenvalue weighted by Crippen LogP contribution is 2.08. The van der Waals surface area contributed by atoms with Crippen molar-refractivity contribution in [2.24, 2.45) is 0 Å². The molecule has 2 aromatic carbocycles. The van der Waals surface area contributed by atoms with Gasteiger partial charge in [0.1, 0.15) is 6.54 Å². The van der Waals surface area contributed by atoms with Crippen molar-refractivity contribution < 1.29 is 4.79 Å². The molecule has 28 heavy (non-hydrogen) atoms. The molecule has 3 rings (SSSR count). The summed E-state index contributed by atoms with van der Waals surface area (Å²) in [6.45, 7) is 1.21. The summed E-state index contributed by atoms with van der Waals surface area (Å²) in [4.78, 5) is 40.3. The number of carbonyl (C=O) groups is 1. The van der Waals surface area contributed by atoms with E-state index in [2.05, 4.69) is 5.32 Å². The van der Waals surface area contributed by atoms with Crippen LogP contribution in [0.25, 0.3) is 10.9 Å². The van der Waals surface area contributed by atoms with Gasteiger partial charge in [0.15, 0.2) is 0 Å². The van der Waals surface area contributed by atoms with Crippen LogP contribution in [0.2, 0.25) is 0 Å². The standard InChI is InChI=1S/C21H24N4O3/c1-23(2)13-12-22-19(26)15-24-18-11-7-6-10-17(18)20(27)25(21(24)28)14-16-8-4-3-5-9-16/h3-11H,12-15H2,1-2H3,(H,22,26). The molecule has 7 heteroatoms. The molecule has 0 atom stereocenters. The predicted molar refractivity (Wildman–Crippen MR) is 110 cm³/mol. The highest BCUT2D eigenvalue weighted by atomic mass is 16.2. The molecule has 146 valence electrons. The number of fused-ring (bicyclic) bond motifs is 1. The Morgan fingerprint density at radius 1 is 0.964 bits per heavy atom. The smallest absolute Gasteiger partial charge is 0.332 e. The maximum absolute atomic E-state index is 13.1. The Morgan fingerprint density at radius 2 is 1.64 bits per heavy atom. The molecule has 0 aliphatic carbocycles. The Hall–Kier alpha value is -3.19. The van der Waals surface area contributed by atoms with E-state index in [-0.39, 0.29) is 24.6 Å². The molecule has 0 fully saturated rings. The summed E-state index contributed by atoms with van der Waals surface area (Å²) in [5.74, 6) is -0.265. The predicted octanol–water partition coefficient (Wildman–Crippen LogP) is 0.889. The number of rotatable bonds is 7. The van der Waals surface area contributed by atoms with Gasteiger partial charge < -0.3 is 10.2 Å². The van der Waals surface area contributed by atoms with Crippen LogP contribution in [-0.2, 0) is 17.9 Å². The fourth-order valence-corrected chi connectivity index (χ4v) is 3.05. The Kier molecular flexibility index (Phi) is 6.06. The highest BCUT2D eigenvalue weighted by Gasteiger charge is 2.15. The molecule has 0 saturated heterocycles. The van der Waals surface area contributed by atoms with Crippen molar-refractivity contribution in [3.8, 4) is 0 Å². The summed E-state index contributed by atoms with van der Waals surface area (Å²) in [5.41, 5.74) is 0.465. The Bertz CT molecular complexity index is 1080. The van der Waals surface area contributed by atoms with Gasteiger partial charge in [-0.3, -0.25) is 18.7 Å². The van der Waals surface area contributed by atoms with Crippen LogP contribution in [0.3, 0.4) is 0 Å². The lowest BCUT2D eigenvalue weighted by atomic mass is 10.2. The third kappa shape index (κ3) is 4.37. The number of hydrogen-bond donors (Lipinski definition) is 1. The number of nitrogens with zero attached hydrogens (tertiary/aromatic N) is 3. The van der Waals surface area contributed by atoms with Gasteiger partial charge in [0.05, 0.1) is 17.4 Å². The number of nitrogens with one attached hydrogen (secondary N) is 1. The Morgan fingerprint density at radius 3 is 2.36 bits per heavy atom. The van der Waals surface area contributed by atoms with Crippen LogP contribution in [0.5, 0.6) is 0 Å². The largest absolute Gasteiger partial charge is 0.353 e. The van der Waals surface area contributed by atoms with Crippen molar-refractivity contribution in [1.82, 2.24) is 19.4 Å². The molecule has 1 heterocycles. The van der Waals surface area contributed by atoms with Crippen molar-refractivity contribution in [1.29, 1.82) is 0 Å². The molecular formula is C21H24N4O3. The SMILES string of the molecule is CN(C)CCNC(=O)Cn1c(=O)n(Cc2ccccc2)c(=O)c2ccccc21. The lowest BCUT2D eigenvalue weighted by molar-refractivity contribution is -0.121. The van der Waals surface area contributed by atoms with E-state index < -0.39 is 5.69 Å². The number of amides is 1. The molecular weight excluding hydrogens is 356 g/mol. The van der Waals surface area contributed by atoms with Crippen LogP contribution in [0.1, 0.15) is 5.56 Å². The van der Waals surface area contributed by atoms with Crippen molar-refractivity contribution in [2.75, 3.05) is 27.2 Å². The fourth-order valence-electron chi connectivity index (χ4n) is 3.05. The summed E-state index contributed by atoms with van der Waals surface area (Å²) in [6.07, 6.45) is 0. The van der Waals surface area contributed by atoms with Crippen molar-refractivity contribution in [2.45, 2.75) is 13.1 Å². The van der Waals surface area contributed by atoms with Gasteiger partial charge >= 0.3 is 5.69 Å². The monoisotopic (exact) mass is 380 g/mol. The first-order chi connectivity index (χ1) is 13.5. The van der Waals surface area contributed by atoms with Gasteiger partial charge in [-0.25, -0.2) is 4.79 Å². The molecule has 0 saturated carbocycles. The van der Waals surface area contributed by atoms with E-state index in [1.165, 1.54) is 9.13 Å². The zero-order valence-electron chi connectivity index (χ0n) is 16.1. The van der Waals surface area contributed by atoms with Crippen LogP contribution in [0.4, 0.5) is 0 Å². The molecule has 0 spiro atoms. The normalized spacial score (nSPS) is 11.1. The lowest BCUT2D eigenvalue weighted by Gasteiger charge is -2.15. The topological polar surface area (TPSA) is 76.3 Å². The summed E-state index contributed by atoms with van der Waals surface area (Å²) in [7, 11) is 3.84. The van der Waals surface area contributed by atoms with Crippen molar-refractivity contribution >= 4 is 16.8 Å². The van der Waals surface area contributed by atoms with Gasteiger partial charge in [-0.2, -0.15) is 0 Å². The molecule has 0 bridgehead atoms. The van der Waals surface area contributed by atoms with E-state index in [1.54, 1.807) is 24.3 Å². The van der Waals surface area contributed by atoms with Crippen LogP contribution in [-0.4, -0.2) is 47.1 Å². The van der Waals surface area contributed by atoms with E-state index in [1.807, 2.05) is 49.3 Å². The number of aromatic nitrogens is 2. The van der Waals surface area contributed by atoms with Crippen molar-refractivity contribution in [3.05, 3.63) is 81.0 Å². The third-order valence-electron chi connectivity index (χ3n) is 4.50. The second-order valence-corrected chi connectivity index (χ2v) is 6.92. The van der Waals surface area contributed by atoms with Crippen molar-refractivity contribution in [3.63, 3.8) is 0 Å². The summed E-state index contributed by atoms with van der Waals surface area (Å²) >= 11 is 0. The average molecular weight is 380 g/mol. The maximum Gasteiger partial charge on any atom is 0.332 e. The zero-order valence-corrected chi connectivity index (χ0v) is 16.1. The van der Waals surface area contributed by atoms with Crippen LogP contribution < -0.4 is 16.6 Å². The molecule has 0 unspecified atom stereocenters. The van der Waals surface area contributed by atoms with E-state index in [4.69, 9.17) is 0 Å². The molecule has 0 radical (unpaired) electrons. The van der Waals surface area contributed by atoms with E-state index in [0.29, 0.717) is 24.0 Å². The first-order valence-electron chi connectivity index (χ1n) is 9.15. The summed E-state index contributed by atoms with van der Waals surface area (Å²) in [6, 6.07) is 16.2. The quantitative estimate of drug-likeness (QED) is 0.661. The molecule has 1 amide bonds. The number of carbonyl (C=O) groups excluding carboxylic acids is 1. The molecule has 3 aromatic rings. The average Bonchev–Trinajstić information content (AvgIpc) is 2.69. The second-order valence-electron chi connectivity index (χ2n) is 6.92. The highest BCUT2D eigenvalue weighted by molar-refractivity contribution is 5.81. The third-order valence-corrected chi connectivity index (χ3v) is 4.50. The minimum absolute atomic E-state index is 0.137. The minimum atomic E-state index is -0.490. The van der Waals surface area contributed by atoms with Crippen LogP contribution in [0, 0.1) is 0 Å². The fraction of sp³-hybridized carbons (Fsp3) is 0.286. The summed E-state index contributed by atoms with van der Waals surface area (Å²) in [5, 5.41) is 3.23. The first-order valence-corrected chi connectivity index (χ1v) is 9.15. The van der Waals surface area contributed by atoms with Gasteiger partial charge in [0.25, 0.3) is 5.56 Å². The van der Waals surface area contributed by atoms with Gasteiger partial charge in [-0.15, -0.1) is 0 Å². The van der Waals surface area contributed by atoms with Crippen LogP contribution >= 0.6 is 0 Å². The van der Waals surface area contributed by atoms with E-state index in [0.717, 1.165) is 5.56 Å². The molecule has 1 aromatic heterocycles. The van der Waals surface area contributed by atoms with Crippen LogP contribution in [0.15, 0.2) is 64.2 Å². The van der Waals surface area contributed by atoms with E-state index >= 15 is 0 Å². The Labute approximate surface area is 162 Å². The van der Waals surface area contributed by atoms with E-state index in [9.17, 15) is 14.4 Å². The number of benzene rings is 2. The van der Waals surface area contributed by atoms with Gasteiger partial charge in [0.2, 0.25) is 5.91 Å². The number of hydrogen-bond acceptors (Lipinski definition) is 4. The molecule has 7 nitrogen and oxygen atoms in total. The molecule has 0 aliphatic heterocycles.